The summed E-state index contributed by atoms with van der Waals surface area (Å²) < 4.78 is 25.8. The van der Waals surface area contributed by atoms with E-state index in [9.17, 15) is 8.42 Å². The largest absolute Gasteiger partial charge is 0.380 e. The zero-order valence-electron chi connectivity index (χ0n) is 12.9. The first-order valence-electron chi connectivity index (χ1n) is 7.60. The van der Waals surface area contributed by atoms with Crippen molar-refractivity contribution in [3.63, 3.8) is 0 Å². The lowest BCUT2D eigenvalue weighted by molar-refractivity contribution is 0.476. The van der Waals surface area contributed by atoms with E-state index in [1.54, 1.807) is 19.1 Å². The molecule has 1 unspecified atom stereocenters. The molecule has 0 amide bonds. The van der Waals surface area contributed by atoms with E-state index < -0.39 is 9.84 Å². The number of sulfone groups is 1. The summed E-state index contributed by atoms with van der Waals surface area (Å²) in [6.45, 7) is 4.57. The minimum Gasteiger partial charge on any atom is -0.380 e. The van der Waals surface area contributed by atoms with Gasteiger partial charge in [0, 0.05) is 30.9 Å². The van der Waals surface area contributed by atoms with Crippen LogP contribution in [0.25, 0.3) is 0 Å². The van der Waals surface area contributed by atoms with Gasteiger partial charge in [-0.05, 0) is 37.6 Å². The Bertz CT molecular complexity index is 763. The van der Waals surface area contributed by atoms with Gasteiger partial charge in [-0.2, -0.15) is 0 Å². The Balaban J connectivity index is 1.70. The summed E-state index contributed by atoms with van der Waals surface area (Å²) in [7, 11) is -3.13. The first kappa shape index (κ1) is 15.1. The van der Waals surface area contributed by atoms with Gasteiger partial charge in [-0.3, -0.25) is 0 Å². The van der Waals surface area contributed by atoms with Crippen LogP contribution in [-0.4, -0.2) is 29.8 Å². The molecule has 3 rings (SSSR count). The minimum absolute atomic E-state index is 0.130. The fourth-order valence-electron chi connectivity index (χ4n) is 2.87. The second-order valence-corrected chi connectivity index (χ2v) is 8.04. The molecule has 0 saturated carbocycles. The lowest BCUT2D eigenvalue weighted by Crippen LogP contribution is -2.31. The average Bonchev–Trinajstić information content (AvgIpc) is 2.87. The van der Waals surface area contributed by atoms with E-state index in [-0.39, 0.29) is 5.75 Å². The summed E-state index contributed by atoms with van der Waals surface area (Å²) in [6.07, 6.45) is 4.08. The SMILES string of the molecule is CCS(=O)(=O)c1ccc(NC2CCc3nc(C)cn3C2)cc1. The van der Waals surface area contributed by atoms with E-state index in [1.165, 1.54) is 0 Å². The van der Waals surface area contributed by atoms with E-state index in [0.29, 0.717) is 10.9 Å². The van der Waals surface area contributed by atoms with E-state index in [4.69, 9.17) is 0 Å². The molecule has 1 aliphatic rings. The first-order chi connectivity index (χ1) is 10.5. The second-order valence-electron chi connectivity index (χ2n) is 5.76. The molecule has 6 heteroatoms. The molecule has 0 aliphatic carbocycles. The van der Waals surface area contributed by atoms with E-state index in [0.717, 1.165) is 36.6 Å². The molecule has 1 aliphatic heterocycles. The number of rotatable bonds is 4. The molecule has 0 bridgehead atoms. The molecule has 1 N–H and O–H groups in total. The Morgan fingerprint density at radius 1 is 1.32 bits per heavy atom. The van der Waals surface area contributed by atoms with Crippen LogP contribution in [0.3, 0.4) is 0 Å². The number of nitrogens with one attached hydrogen (secondary N) is 1. The van der Waals surface area contributed by atoms with Crippen LogP contribution in [0.2, 0.25) is 0 Å². The zero-order chi connectivity index (χ0) is 15.7. The molecule has 5 nitrogen and oxygen atoms in total. The van der Waals surface area contributed by atoms with Gasteiger partial charge in [-0.15, -0.1) is 0 Å². The van der Waals surface area contributed by atoms with E-state index >= 15 is 0 Å². The summed E-state index contributed by atoms with van der Waals surface area (Å²) in [5.41, 5.74) is 2.02. The van der Waals surface area contributed by atoms with Crippen molar-refractivity contribution in [2.75, 3.05) is 11.1 Å². The van der Waals surface area contributed by atoms with Gasteiger partial charge in [0.25, 0.3) is 0 Å². The topological polar surface area (TPSA) is 64.0 Å². The summed E-state index contributed by atoms with van der Waals surface area (Å²) in [5.74, 6) is 1.28. The van der Waals surface area contributed by atoms with E-state index in [1.807, 2.05) is 19.1 Å². The fourth-order valence-corrected chi connectivity index (χ4v) is 3.75. The molecule has 2 aromatic rings. The number of anilines is 1. The van der Waals surface area contributed by atoms with Gasteiger partial charge in [0.15, 0.2) is 9.84 Å². The van der Waals surface area contributed by atoms with Gasteiger partial charge in [0.1, 0.15) is 5.82 Å². The van der Waals surface area contributed by atoms with Crippen LogP contribution in [0.15, 0.2) is 35.4 Å². The van der Waals surface area contributed by atoms with Gasteiger partial charge in [-0.25, -0.2) is 13.4 Å². The second kappa shape index (κ2) is 5.76. The van der Waals surface area contributed by atoms with Crippen molar-refractivity contribution in [1.29, 1.82) is 0 Å². The zero-order valence-corrected chi connectivity index (χ0v) is 13.7. The third kappa shape index (κ3) is 3.02. The Labute approximate surface area is 131 Å². The number of hydrogen-bond acceptors (Lipinski definition) is 4. The van der Waals surface area contributed by atoms with Gasteiger partial charge in [0.05, 0.1) is 16.3 Å². The molecule has 2 heterocycles. The third-order valence-electron chi connectivity index (χ3n) is 4.08. The number of nitrogens with zero attached hydrogens (tertiary/aromatic N) is 2. The predicted molar refractivity (Wildman–Crippen MR) is 86.9 cm³/mol. The molecule has 1 aromatic heterocycles. The summed E-state index contributed by atoms with van der Waals surface area (Å²) in [6, 6.07) is 7.39. The van der Waals surface area contributed by atoms with Crippen molar-refractivity contribution in [1.82, 2.24) is 9.55 Å². The Morgan fingerprint density at radius 3 is 2.73 bits per heavy atom. The van der Waals surface area contributed by atoms with E-state index in [2.05, 4.69) is 21.1 Å². The number of fused-ring (bicyclic) bond motifs is 1. The van der Waals surface area contributed by atoms with Gasteiger partial charge in [0.2, 0.25) is 0 Å². The Morgan fingerprint density at radius 2 is 2.05 bits per heavy atom. The maximum Gasteiger partial charge on any atom is 0.178 e. The molecule has 1 atom stereocenters. The predicted octanol–water partition coefficient (Wildman–Crippen LogP) is 2.41. The van der Waals surface area contributed by atoms with Gasteiger partial charge >= 0.3 is 0 Å². The normalized spacial score (nSPS) is 18.0. The van der Waals surface area contributed by atoms with Crippen molar-refractivity contribution in [2.24, 2.45) is 0 Å². The standard InChI is InChI=1S/C16H21N3O2S/c1-3-22(20,21)15-7-4-13(5-8-15)18-14-6-9-16-17-12(2)10-19(16)11-14/h4-5,7-8,10,14,18H,3,6,9,11H2,1-2H3. The van der Waals surface area contributed by atoms with Crippen LogP contribution in [-0.2, 0) is 22.8 Å². The van der Waals surface area contributed by atoms with Crippen molar-refractivity contribution < 1.29 is 8.42 Å². The van der Waals surface area contributed by atoms with Crippen LogP contribution >= 0.6 is 0 Å². The molecule has 118 valence electrons. The molecule has 1 aromatic carbocycles. The number of aromatic nitrogens is 2. The lowest BCUT2D eigenvalue weighted by atomic mass is 10.1. The van der Waals surface area contributed by atoms with Crippen LogP contribution in [0.5, 0.6) is 0 Å². The number of aryl methyl sites for hydroxylation is 2. The summed E-state index contributed by atoms with van der Waals surface area (Å²) >= 11 is 0. The van der Waals surface area contributed by atoms with Gasteiger partial charge < -0.3 is 9.88 Å². The summed E-state index contributed by atoms with van der Waals surface area (Å²) in [5, 5.41) is 3.48. The molecule has 0 spiro atoms. The van der Waals surface area contributed by atoms with Crippen LogP contribution < -0.4 is 5.32 Å². The Hall–Kier alpha value is -1.82. The van der Waals surface area contributed by atoms with Crippen molar-refractivity contribution in [2.45, 2.75) is 44.2 Å². The molecule has 22 heavy (non-hydrogen) atoms. The smallest absolute Gasteiger partial charge is 0.178 e. The molecular formula is C16H21N3O2S. The lowest BCUT2D eigenvalue weighted by Gasteiger charge is -2.25. The molecule has 0 radical (unpaired) electrons. The first-order valence-corrected chi connectivity index (χ1v) is 9.25. The van der Waals surface area contributed by atoms with Gasteiger partial charge in [-0.1, -0.05) is 6.92 Å². The Kier molecular flexibility index (Phi) is 3.95. The third-order valence-corrected chi connectivity index (χ3v) is 5.83. The molecule has 0 saturated heterocycles. The number of imidazole rings is 1. The molecule has 0 fully saturated rings. The minimum atomic E-state index is -3.13. The number of hydrogen-bond donors (Lipinski definition) is 1. The summed E-state index contributed by atoms with van der Waals surface area (Å²) in [4.78, 5) is 4.90. The number of benzene rings is 1. The highest BCUT2D eigenvalue weighted by molar-refractivity contribution is 7.91. The highest BCUT2D eigenvalue weighted by Crippen LogP contribution is 2.20. The monoisotopic (exact) mass is 319 g/mol. The quantitative estimate of drug-likeness (QED) is 0.940. The van der Waals surface area contributed by atoms with Crippen molar-refractivity contribution in [3.8, 4) is 0 Å². The van der Waals surface area contributed by atoms with Crippen LogP contribution in [0, 0.1) is 6.92 Å². The highest BCUT2D eigenvalue weighted by atomic mass is 32.2. The van der Waals surface area contributed by atoms with Crippen molar-refractivity contribution in [3.05, 3.63) is 42.0 Å². The average molecular weight is 319 g/mol. The van der Waals surface area contributed by atoms with Crippen LogP contribution in [0.1, 0.15) is 24.9 Å². The fraction of sp³-hybridized carbons (Fsp3) is 0.438. The highest BCUT2D eigenvalue weighted by Gasteiger charge is 2.19. The maximum absolute atomic E-state index is 11.8. The van der Waals surface area contributed by atoms with Crippen LogP contribution in [0.4, 0.5) is 5.69 Å². The molecular weight excluding hydrogens is 298 g/mol. The van der Waals surface area contributed by atoms with Crippen molar-refractivity contribution >= 4 is 15.5 Å². The maximum atomic E-state index is 11.8.